The number of fused-ring (bicyclic) bond motifs is 1. The van der Waals surface area contributed by atoms with E-state index in [-0.39, 0.29) is 13.0 Å². The fourth-order valence-electron chi connectivity index (χ4n) is 3.63. The summed E-state index contributed by atoms with van der Waals surface area (Å²) in [6, 6.07) is 9.51. The van der Waals surface area contributed by atoms with E-state index in [2.05, 4.69) is 28.1 Å². The molecule has 0 unspecified atom stereocenters. The van der Waals surface area contributed by atoms with Gasteiger partial charge < -0.3 is 14.4 Å². The SMILES string of the molecule is CCc1c(-c2nc(CCN(C)C(=O)c3c(F)cccc3F)no2)[nH]c2ccc(C)cc12. The third-order valence-electron chi connectivity index (χ3n) is 5.29. The number of halogens is 2. The third kappa shape index (κ3) is 3.93. The largest absolute Gasteiger partial charge is 0.350 e. The zero-order valence-corrected chi connectivity index (χ0v) is 17.5. The summed E-state index contributed by atoms with van der Waals surface area (Å²) in [5, 5.41) is 5.12. The summed E-state index contributed by atoms with van der Waals surface area (Å²) in [6.07, 6.45) is 1.07. The van der Waals surface area contributed by atoms with Gasteiger partial charge in [0.1, 0.15) is 22.9 Å². The van der Waals surface area contributed by atoms with E-state index in [0.717, 1.165) is 46.3 Å². The molecule has 31 heavy (non-hydrogen) atoms. The Morgan fingerprint density at radius 2 is 1.94 bits per heavy atom. The van der Waals surface area contributed by atoms with Gasteiger partial charge in [-0.3, -0.25) is 4.79 Å². The molecule has 2 aromatic carbocycles. The molecule has 2 heterocycles. The predicted molar refractivity (Wildman–Crippen MR) is 113 cm³/mol. The molecule has 1 amide bonds. The number of benzene rings is 2. The van der Waals surface area contributed by atoms with Crippen molar-refractivity contribution in [3.8, 4) is 11.6 Å². The van der Waals surface area contributed by atoms with Gasteiger partial charge in [0.25, 0.3) is 11.8 Å². The highest BCUT2D eigenvalue weighted by molar-refractivity contribution is 5.94. The van der Waals surface area contributed by atoms with Crippen LogP contribution >= 0.6 is 0 Å². The molecule has 0 atom stereocenters. The molecule has 4 rings (SSSR count). The second kappa shape index (κ2) is 8.29. The number of aromatic nitrogens is 3. The molecule has 0 aliphatic heterocycles. The van der Waals surface area contributed by atoms with E-state index >= 15 is 0 Å². The Kier molecular flexibility index (Phi) is 5.54. The van der Waals surface area contributed by atoms with Gasteiger partial charge in [-0.05, 0) is 43.2 Å². The second-order valence-corrected chi connectivity index (χ2v) is 7.47. The number of hydrogen-bond donors (Lipinski definition) is 1. The molecule has 0 saturated heterocycles. The second-order valence-electron chi connectivity index (χ2n) is 7.47. The molecule has 6 nitrogen and oxygen atoms in total. The van der Waals surface area contributed by atoms with Crippen LogP contribution in [0.3, 0.4) is 0 Å². The quantitative estimate of drug-likeness (QED) is 0.488. The molecule has 0 aliphatic rings. The van der Waals surface area contributed by atoms with Gasteiger partial charge in [0.2, 0.25) is 0 Å². The van der Waals surface area contributed by atoms with Crippen molar-refractivity contribution in [1.82, 2.24) is 20.0 Å². The Bertz CT molecular complexity index is 1240. The average Bonchev–Trinajstić information content (AvgIpc) is 3.35. The van der Waals surface area contributed by atoms with E-state index in [1.54, 1.807) is 0 Å². The monoisotopic (exact) mass is 424 g/mol. The van der Waals surface area contributed by atoms with Crippen molar-refractivity contribution in [1.29, 1.82) is 0 Å². The lowest BCUT2D eigenvalue weighted by atomic mass is 10.1. The van der Waals surface area contributed by atoms with Gasteiger partial charge >= 0.3 is 0 Å². The summed E-state index contributed by atoms with van der Waals surface area (Å²) < 4.78 is 33.2. The van der Waals surface area contributed by atoms with Crippen LogP contribution in [0.25, 0.3) is 22.5 Å². The summed E-state index contributed by atoms with van der Waals surface area (Å²) in [4.78, 5) is 21.5. The molecule has 8 heteroatoms. The molecule has 0 aliphatic carbocycles. The third-order valence-corrected chi connectivity index (χ3v) is 5.29. The van der Waals surface area contributed by atoms with E-state index in [9.17, 15) is 13.6 Å². The highest BCUT2D eigenvalue weighted by atomic mass is 19.1. The molecule has 0 bridgehead atoms. The van der Waals surface area contributed by atoms with Crippen LogP contribution in [0.5, 0.6) is 0 Å². The van der Waals surface area contributed by atoms with Crippen molar-refractivity contribution < 1.29 is 18.1 Å². The molecule has 0 spiro atoms. The zero-order chi connectivity index (χ0) is 22.1. The molecule has 1 N–H and O–H groups in total. The Hall–Kier alpha value is -3.55. The number of nitrogens with zero attached hydrogens (tertiary/aromatic N) is 3. The molecule has 4 aromatic rings. The number of hydrogen-bond acceptors (Lipinski definition) is 4. The minimum atomic E-state index is -0.889. The lowest BCUT2D eigenvalue weighted by Crippen LogP contribution is -2.30. The van der Waals surface area contributed by atoms with Gasteiger partial charge in [-0.15, -0.1) is 0 Å². The zero-order valence-electron chi connectivity index (χ0n) is 17.5. The van der Waals surface area contributed by atoms with Crippen molar-refractivity contribution in [2.75, 3.05) is 13.6 Å². The van der Waals surface area contributed by atoms with Crippen LogP contribution in [0.15, 0.2) is 40.9 Å². The molecule has 0 fully saturated rings. The first kappa shape index (κ1) is 20.7. The number of aromatic amines is 1. The van der Waals surface area contributed by atoms with Crippen molar-refractivity contribution >= 4 is 16.8 Å². The van der Waals surface area contributed by atoms with E-state index in [0.29, 0.717) is 11.7 Å². The normalized spacial score (nSPS) is 11.3. The van der Waals surface area contributed by atoms with Crippen LogP contribution in [0.2, 0.25) is 0 Å². The lowest BCUT2D eigenvalue weighted by molar-refractivity contribution is 0.0786. The maximum Gasteiger partial charge on any atom is 0.274 e. The number of carbonyl (C=O) groups excluding carboxylic acids is 1. The van der Waals surface area contributed by atoms with Gasteiger partial charge in [-0.1, -0.05) is 29.8 Å². The average molecular weight is 424 g/mol. The van der Waals surface area contributed by atoms with Crippen LogP contribution in [0.1, 0.15) is 34.2 Å². The first-order chi connectivity index (χ1) is 14.9. The summed E-state index contributed by atoms with van der Waals surface area (Å²) in [5.41, 5.74) is 3.46. The molecule has 0 saturated carbocycles. The van der Waals surface area contributed by atoms with Crippen LogP contribution in [0, 0.1) is 18.6 Å². The highest BCUT2D eigenvalue weighted by Crippen LogP contribution is 2.30. The number of nitrogens with one attached hydrogen (secondary N) is 1. The van der Waals surface area contributed by atoms with E-state index in [4.69, 9.17) is 4.52 Å². The van der Waals surface area contributed by atoms with E-state index in [1.807, 2.05) is 19.1 Å². The highest BCUT2D eigenvalue weighted by Gasteiger charge is 2.22. The minimum absolute atomic E-state index is 0.179. The number of aryl methyl sites for hydroxylation is 2. The molecular formula is C23H22F2N4O2. The van der Waals surface area contributed by atoms with Crippen LogP contribution in [-0.2, 0) is 12.8 Å². The van der Waals surface area contributed by atoms with Crippen molar-refractivity contribution in [2.24, 2.45) is 0 Å². The smallest absolute Gasteiger partial charge is 0.274 e. The fourth-order valence-corrected chi connectivity index (χ4v) is 3.63. The number of rotatable bonds is 6. The predicted octanol–water partition coefficient (Wildman–Crippen LogP) is 4.68. The van der Waals surface area contributed by atoms with Gasteiger partial charge in [-0.2, -0.15) is 4.98 Å². The topological polar surface area (TPSA) is 75.0 Å². The van der Waals surface area contributed by atoms with Gasteiger partial charge in [0, 0.05) is 30.9 Å². The number of H-pyrrole nitrogens is 1. The molecular weight excluding hydrogens is 402 g/mol. The Morgan fingerprint density at radius 3 is 2.65 bits per heavy atom. The van der Waals surface area contributed by atoms with Crippen molar-refractivity contribution in [2.45, 2.75) is 26.7 Å². The van der Waals surface area contributed by atoms with Crippen LogP contribution in [0.4, 0.5) is 8.78 Å². The van der Waals surface area contributed by atoms with Crippen molar-refractivity contribution in [3.63, 3.8) is 0 Å². The van der Waals surface area contributed by atoms with Gasteiger partial charge in [0.05, 0.1) is 0 Å². The Balaban J connectivity index is 1.51. The molecule has 2 aromatic heterocycles. The molecule has 160 valence electrons. The maximum atomic E-state index is 13.9. The standard InChI is InChI=1S/C23H22F2N4O2/c1-4-14-15-12-13(2)8-9-18(15)26-21(14)22-27-19(28-31-22)10-11-29(3)23(30)20-16(24)6-5-7-17(20)25/h5-9,12,26H,4,10-11H2,1-3H3. The van der Waals surface area contributed by atoms with Crippen LogP contribution in [-0.4, -0.2) is 39.5 Å². The summed E-state index contributed by atoms with van der Waals surface area (Å²) in [6.45, 7) is 4.29. The Morgan fingerprint density at radius 1 is 1.19 bits per heavy atom. The summed E-state index contributed by atoms with van der Waals surface area (Å²) in [5.74, 6) is -1.74. The summed E-state index contributed by atoms with van der Waals surface area (Å²) >= 11 is 0. The summed E-state index contributed by atoms with van der Waals surface area (Å²) in [7, 11) is 1.48. The molecule has 0 radical (unpaired) electrons. The first-order valence-electron chi connectivity index (χ1n) is 10.0. The first-order valence-corrected chi connectivity index (χ1v) is 10.0. The minimum Gasteiger partial charge on any atom is -0.350 e. The number of amides is 1. The number of carbonyl (C=O) groups is 1. The Labute approximate surface area is 177 Å². The van der Waals surface area contributed by atoms with E-state index in [1.165, 1.54) is 18.0 Å². The van der Waals surface area contributed by atoms with Crippen LogP contribution < -0.4 is 0 Å². The number of likely N-dealkylation sites (N-methyl/N-ethyl adjacent to an activating group) is 1. The van der Waals surface area contributed by atoms with Gasteiger partial charge in [0.15, 0.2) is 5.82 Å². The fraction of sp³-hybridized carbons (Fsp3) is 0.261. The van der Waals surface area contributed by atoms with Crippen molar-refractivity contribution in [3.05, 3.63) is 70.5 Å². The maximum absolute atomic E-state index is 13.9. The van der Waals surface area contributed by atoms with E-state index < -0.39 is 23.1 Å². The van der Waals surface area contributed by atoms with Gasteiger partial charge in [-0.25, -0.2) is 8.78 Å². The lowest BCUT2D eigenvalue weighted by Gasteiger charge is -2.16.